The molecule has 0 heterocycles. The Kier molecular flexibility index (Phi) is 6.21. The van der Waals surface area contributed by atoms with E-state index in [4.69, 9.17) is 4.74 Å². The molecule has 0 saturated heterocycles. The molecule has 0 aliphatic carbocycles. The molecule has 104 valence electrons. The van der Waals surface area contributed by atoms with E-state index in [0.717, 1.165) is 11.3 Å². The van der Waals surface area contributed by atoms with Gasteiger partial charge in [0.2, 0.25) is 5.91 Å². The van der Waals surface area contributed by atoms with Crippen LogP contribution in [0.1, 0.15) is 18.9 Å². The lowest BCUT2D eigenvalue weighted by Crippen LogP contribution is -2.45. The molecule has 3 N–H and O–H groups in total. The molecule has 0 unspecified atom stereocenters. The van der Waals surface area contributed by atoms with Crippen molar-refractivity contribution in [2.75, 3.05) is 13.7 Å². The van der Waals surface area contributed by atoms with Gasteiger partial charge in [-0.15, -0.1) is 0 Å². The van der Waals surface area contributed by atoms with Crippen molar-refractivity contribution in [3.05, 3.63) is 29.8 Å². The number of rotatable bonds is 5. The number of hydrogen-bond acceptors (Lipinski definition) is 3. The van der Waals surface area contributed by atoms with E-state index in [1.165, 1.54) is 7.05 Å². The first-order valence-corrected chi connectivity index (χ1v) is 6.14. The Hall–Kier alpha value is -2.24. The van der Waals surface area contributed by atoms with Crippen LogP contribution in [0.15, 0.2) is 24.3 Å². The molecule has 19 heavy (non-hydrogen) atoms. The van der Waals surface area contributed by atoms with Crippen molar-refractivity contribution in [1.82, 2.24) is 16.2 Å². The summed E-state index contributed by atoms with van der Waals surface area (Å²) in [6, 6.07) is 7.13. The summed E-state index contributed by atoms with van der Waals surface area (Å²) >= 11 is 0. The zero-order chi connectivity index (χ0) is 14.1. The van der Waals surface area contributed by atoms with Crippen molar-refractivity contribution in [2.45, 2.75) is 19.8 Å². The third kappa shape index (κ3) is 5.29. The first kappa shape index (κ1) is 14.8. The van der Waals surface area contributed by atoms with Gasteiger partial charge in [-0.25, -0.2) is 10.2 Å². The van der Waals surface area contributed by atoms with Gasteiger partial charge >= 0.3 is 6.03 Å². The minimum atomic E-state index is -0.455. The summed E-state index contributed by atoms with van der Waals surface area (Å²) in [6.45, 7) is 2.50. The summed E-state index contributed by atoms with van der Waals surface area (Å²) in [4.78, 5) is 22.4. The molecule has 1 aromatic rings. The molecule has 1 aromatic carbocycles. The molecule has 6 heteroatoms. The minimum absolute atomic E-state index is 0.255. The normalized spacial score (nSPS) is 9.58. The van der Waals surface area contributed by atoms with Gasteiger partial charge in [0.15, 0.2) is 0 Å². The lowest BCUT2D eigenvalue weighted by molar-refractivity contribution is -0.121. The zero-order valence-electron chi connectivity index (χ0n) is 11.2. The number of para-hydroxylation sites is 1. The van der Waals surface area contributed by atoms with Gasteiger partial charge in [-0.05, 0) is 25.0 Å². The van der Waals surface area contributed by atoms with Gasteiger partial charge in [-0.3, -0.25) is 10.2 Å². The van der Waals surface area contributed by atoms with Crippen LogP contribution < -0.4 is 20.9 Å². The summed E-state index contributed by atoms with van der Waals surface area (Å²) in [5.41, 5.74) is 5.51. The van der Waals surface area contributed by atoms with Crippen molar-refractivity contribution in [3.63, 3.8) is 0 Å². The molecule has 0 radical (unpaired) electrons. The van der Waals surface area contributed by atoms with E-state index in [2.05, 4.69) is 16.2 Å². The topological polar surface area (TPSA) is 79.5 Å². The Bertz CT molecular complexity index is 435. The number of nitrogens with one attached hydrogen (secondary N) is 3. The van der Waals surface area contributed by atoms with E-state index >= 15 is 0 Å². The number of carbonyl (C=O) groups excluding carboxylic acids is 2. The first-order valence-electron chi connectivity index (χ1n) is 6.14. The van der Waals surface area contributed by atoms with E-state index in [1.54, 1.807) is 0 Å². The van der Waals surface area contributed by atoms with Crippen LogP contribution in [0.3, 0.4) is 0 Å². The van der Waals surface area contributed by atoms with E-state index in [-0.39, 0.29) is 12.3 Å². The molecule has 0 fully saturated rings. The lowest BCUT2D eigenvalue weighted by Gasteiger charge is -2.10. The number of hydrogen-bond donors (Lipinski definition) is 3. The summed E-state index contributed by atoms with van der Waals surface area (Å²) in [5.74, 6) is 0.534. The molecular formula is C13H19N3O3. The number of hydrazine groups is 1. The average Bonchev–Trinajstić information content (AvgIpc) is 2.44. The largest absolute Gasteiger partial charge is 0.494 e. The van der Waals surface area contributed by atoms with Gasteiger partial charge in [-0.1, -0.05) is 18.2 Å². The predicted octanol–water partition coefficient (Wildman–Crippen LogP) is 0.978. The molecule has 0 atom stereocenters. The summed E-state index contributed by atoms with van der Waals surface area (Å²) in [5, 5.41) is 2.34. The van der Waals surface area contributed by atoms with Gasteiger partial charge in [0.05, 0.1) is 6.61 Å². The third-order valence-corrected chi connectivity index (χ3v) is 2.44. The fourth-order valence-corrected chi connectivity index (χ4v) is 1.51. The summed E-state index contributed by atoms with van der Waals surface area (Å²) in [6.07, 6.45) is 0.825. The van der Waals surface area contributed by atoms with E-state index in [9.17, 15) is 9.59 Å². The van der Waals surface area contributed by atoms with Crippen LogP contribution in [-0.2, 0) is 11.2 Å². The van der Waals surface area contributed by atoms with Crippen molar-refractivity contribution in [3.8, 4) is 5.75 Å². The van der Waals surface area contributed by atoms with Crippen LogP contribution in [0.25, 0.3) is 0 Å². The predicted molar refractivity (Wildman–Crippen MR) is 71.7 cm³/mol. The highest BCUT2D eigenvalue weighted by Crippen LogP contribution is 2.19. The van der Waals surface area contributed by atoms with Crippen molar-refractivity contribution < 1.29 is 14.3 Å². The minimum Gasteiger partial charge on any atom is -0.494 e. The summed E-state index contributed by atoms with van der Waals surface area (Å²) < 4.78 is 5.47. The van der Waals surface area contributed by atoms with Gasteiger partial charge < -0.3 is 10.1 Å². The maximum atomic E-state index is 11.5. The van der Waals surface area contributed by atoms with Crippen LogP contribution in [0, 0.1) is 0 Å². The van der Waals surface area contributed by atoms with Gasteiger partial charge in [0, 0.05) is 13.5 Å². The van der Waals surface area contributed by atoms with Crippen molar-refractivity contribution in [2.24, 2.45) is 0 Å². The number of benzene rings is 1. The van der Waals surface area contributed by atoms with E-state index in [0.29, 0.717) is 13.0 Å². The number of amides is 3. The maximum absolute atomic E-state index is 11.5. The Morgan fingerprint density at radius 3 is 2.63 bits per heavy atom. The molecule has 0 aromatic heterocycles. The standard InChI is InChI=1S/C13H19N3O3/c1-3-19-11-7-5-4-6-10(11)8-9-12(17)15-16-13(18)14-2/h4-7H,3,8-9H2,1-2H3,(H,15,17)(H2,14,16,18). The van der Waals surface area contributed by atoms with Crippen LogP contribution in [-0.4, -0.2) is 25.6 Å². The second-order valence-corrected chi connectivity index (χ2v) is 3.79. The third-order valence-electron chi connectivity index (χ3n) is 2.44. The zero-order valence-corrected chi connectivity index (χ0v) is 11.2. The molecule has 1 rings (SSSR count). The second kappa shape index (κ2) is 7.97. The van der Waals surface area contributed by atoms with Crippen LogP contribution in [0.4, 0.5) is 4.79 Å². The Balaban J connectivity index is 2.43. The van der Waals surface area contributed by atoms with E-state index in [1.807, 2.05) is 31.2 Å². The Morgan fingerprint density at radius 2 is 1.95 bits per heavy atom. The number of aryl methyl sites for hydroxylation is 1. The molecule has 0 saturated carbocycles. The molecule has 0 spiro atoms. The van der Waals surface area contributed by atoms with Crippen molar-refractivity contribution >= 4 is 11.9 Å². The fraction of sp³-hybridized carbons (Fsp3) is 0.385. The van der Waals surface area contributed by atoms with Crippen LogP contribution >= 0.6 is 0 Å². The maximum Gasteiger partial charge on any atom is 0.333 e. The second-order valence-electron chi connectivity index (χ2n) is 3.79. The van der Waals surface area contributed by atoms with Gasteiger partial charge in [-0.2, -0.15) is 0 Å². The molecule has 3 amide bonds. The molecule has 0 aliphatic heterocycles. The number of ether oxygens (including phenoxy) is 1. The highest BCUT2D eigenvalue weighted by molar-refractivity contribution is 5.81. The number of carbonyl (C=O) groups is 2. The Labute approximate surface area is 112 Å². The smallest absolute Gasteiger partial charge is 0.333 e. The quantitative estimate of drug-likeness (QED) is 0.694. The van der Waals surface area contributed by atoms with Gasteiger partial charge in [0.1, 0.15) is 5.75 Å². The molecular weight excluding hydrogens is 246 g/mol. The first-order chi connectivity index (χ1) is 9.17. The summed E-state index contributed by atoms with van der Waals surface area (Å²) in [7, 11) is 1.47. The molecule has 6 nitrogen and oxygen atoms in total. The van der Waals surface area contributed by atoms with E-state index < -0.39 is 6.03 Å². The van der Waals surface area contributed by atoms with Crippen LogP contribution in [0.2, 0.25) is 0 Å². The van der Waals surface area contributed by atoms with Gasteiger partial charge in [0.25, 0.3) is 0 Å². The van der Waals surface area contributed by atoms with Crippen LogP contribution in [0.5, 0.6) is 5.75 Å². The van der Waals surface area contributed by atoms with Crippen molar-refractivity contribution in [1.29, 1.82) is 0 Å². The Morgan fingerprint density at radius 1 is 1.21 bits per heavy atom. The lowest BCUT2D eigenvalue weighted by atomic mass is 10.1. The monoisotopic (exact) mass is 265 g/mol. The molecule has 0 bridgehead atoms. The highest BCUT2D eigenvalue weighted by Gasteiger charge is 2.07. The SMILES string of the molecule is CCOc1ccccc1CCC(=O)NNC(=O)NC. The number of urea groups is 1. The average molecular weight is 265 g/mol. The molecule has 0 aliphatic rings. The highest BCUT2D eigenvalue weighted by atomic mass is 16.5. The fourth-order valence-electron chi connectivity index (χ4n) is 1.51.